The molecule has 0 heterocycles. The Balaban J connectivity index is 2.54. The molecule has 0 amide bonds. The summed E-state index contributed by atoms with van der Waals surface area (Å²) >= 11 is 6.42. The zero-order valence-corrected chi connectivity index (χ0v) is 19.4. The molecule has 0 fully saturated rings. The van der Waals surface area contributed by atoms with E-state index in [1.807, 2.05) is 24.3 Å². The fourth-order valence-electron chi connectivity index (χ4n) is 2.83. The number of nitrogens with one attached hydrogen (secondary N) is 1. The highest BCUT2D eigenvalue weighted by Gasteiger charge is 2.24. The largest absolute Gasteiger partial charge is 0.496 e. The van der Waals surface area contributed by atoms with Gasteiger partial charge in [0.15, 0.2) is 0 Å². The Hall–Kier alpha value is -1.91. The average molecular weight is 420 g/mol. The van der Waals surface area contributed by atoms with Crippen molar-refractivity contribution in [2.75, 3.05) is 25.6 Å². The van der Waals surface area contributed by atoms with Crippen molar-refractivity contribution in [3.8, 4) is 11.5 Å². The van der Waals surface area contributed by atoms with E-state index < -0.39 is 6.10 Å². The smallest absolute Gasteiger partial charge is 0.144 e. The van der Waals surface area contributed by atoms with Crippen molar-refractivity contribution in [2.45, 2.75) is 47.6 Å². The lowest BCUT2D eigenvalue weighted by molar-refractivity contribution is 0.196. The third-order valence-electron chi connectivity index (χ3n) is 4.28. The number of benzene rings is 2. The first-order valence-corrected chi connectivity index (χ1v) is 10.3. The summed E-state index contributed by atoms with van der Waals surface area (Å²) in [6.07, 6.45) is -0.913. The van der Waals surface area contributed by atoms with Gasteiger partial charge in [-0.25, -0.2) is 0 Å². The number of methoxy groups -OCH3 is 1. The molecule has 0 unspecified atom stereocenters. The molecule has 0 aliphatic heterocycles. The first-order valence-electron chi connectivity index (χ1n) is 9.92. The van der Waals surface area contributed by atoms with Gasteiger partial charge in [0.1, 0.15) is 17.6 Å². The minimum Gasteiger partial charge on any atom is -0.496 e. The normalized spacial score (nSPS) is 13.1. The second kappa shape index (κ2) is 9.27. The summed E-state index contributed by atoms with van der Waals surface area (Å²) in [6.45, 7) is 14.1. The van der Waals surface area contributed by atoms with Crippen LogP contribution in [0.1, 0.15) is 58.8 Å². The van der Waals surface area contributed by atoms with Crippen molar-refractivity contribution in [1.82, 2.24) is 0 Å². The molecular weight excluding hydrogens is 386 g/mol. The number of ether oxygens (including phenoxy) is 2. The predicted molar refractivity (Wildman–Crippen MR) is 121 cm³/mol. The van der Waals surface area contributed by atoms with Gasteiger partial charge < -0.3 is 19.9 Å². The molecule has 29 heavy (non-hydrogen) atoms. The fourth-order valence-corrected chi connectivity index (χ4v) is 3.05. The van der Waals surface area contributed by atoms with Crippen molar-refractivity contribution in [3.63, 3.8) is 0 Å². The number of hydrogen-bond acceptors (Lipinski definition) is 4. The van der Waals surface area contributed by atoms with E-state index in [0.717, 1.165) is 5.69 Å². The summed E-state index contributed by atoms with van der Waals surface area (Å²) in [5.74, 6) is 1.26. The number of para-hydroxylation sites is 1. The number of anilines is 1. The van der Waals surface area contributed by atoms with E-state index in [-0.39, 0.29) is 10.8 Å². The van der Waals surface area contributed by atoms with Crippen LogP contribution in [0, 0.1) is 10.8 Å². The molecule has 2 aromatic rings. The summed E-state index contributed by atoms with van der Waals surface area (Å²) in [7, 11) is 1.60. The van der Waals surface area contributed by atoms with Crippen LogP contribution in [0.25, 0.3) is 0 Å². The lowest BCUT2D eigenvalue weighted by atomic mass is 9.95. The molecule has 0 aliphatic rings. The van der Waals surface area contributed by atoms with Crippen LogP contribution in [0.2, 0.25) is 5.02 Å². The minimum absolute atomic E-state index is 0.00888. The first-order chi connectivity index (χ1) is 13.4. The third-order valence-corrected chi connectivity index (χ3v) is 4.50. The maximum atomic E-state index is 11.3. The summed E-state index contributed by atoms with van der Waals surface area (Å²) in [6, 6.07) is 11.0. The Morgan fingerprint density at radius 2 is 1.62 bits per heavy atom. The summed E-state index contributed by atoms with van der Waals surface area (Å²) in [5.41, 5.74) is 2.14. The van der Waals surface area contributed by atoms with Crippen molar-refractivity contribution in [3.05, 3.63) is 52.5 Å². The lowest BCUT2D eigenvalue weighted by Gasteiger charge is -2.27. The van der Waals surface area contributed by atoms with Gasteiger partial charge in [-0.3, -0.25) is 0 Å². The highest BCUT2D eigenvalue weighted by molar-refractivity contribution is 6.31. The molecule has 2 aromatic carbocycles. The molecule has 0 saturated heterocycles. The van der Waals surface area contributed by atoms with Gasteiger partial charge in [-0.1, -0.05) is 71.3 Å². The van der Waals surface area contributed by atoms with Crippen LogP contribution in [-0.4, -0.2) is 25.4 Å². The van der Waals surface area contributed by atoms with E-state index in [9.17, 15) is 5.11 Å². The monoisotopic (exact) mass is 419 g/mol. The molecule has 0 spiro atoms. The number of halogens is 1. The summed E-state index contributed by atoms with van der Waals surface area (Å²) < 4.78 is 11.6. The van der Waals surface area contributed by atoms with E-state index in [1.165, 1.54) is 0 Å². The van der Waals surface area contributed by atoms with Crippen LogP contribution in [0.5, 0.6) is 11.5 Å². The quantitative estimate of drug-likeness (QED) is 0.551. The van der Waals surface area contributed by atoms with Gasteiger partial charge >= 0.3 is 0 Å². The zero-order valence-electron chi connectivity index (χ0n) is 18.6. The topological polar surface area (TPSA) is 50.7 Å². The fraction of sp³-hybridized carbons (Fsp3) is 0.500. The SMILES string of the molecule is COc1ccccc1[C@@H](O)c1cc(Cl)cc(OCC(C)(C)C)c1NCC(C)(C)C. The van der Waals surface area contributed by atoms with E-state index in [4.69, 9.17) is 21.1 Å². The van der Waals surface area contributed by atoms with Crippen molar-refractivity contribution < 1.29 is 14.6 Å². The molecule has 5 heteroatoms. The summed E-state index contributed by atoms with van der Waals surface area (Å²) in [4.78, 5) is 0. The van der Waals surface area contributed by atoms with E-state index in [0.29, 0.717) is 40.8 Å². The Morgan fingerprint density at radius 1 is 0.966 bits per heavy atom. The van der Waals surface area contributed by atoms with Crippen molar-refractivity contribution in [2.24, 2.45) is 10.8 Å². The van der Waals surface area contributed by atoms with Gasteiger partial charge in [0.05, 0.1) is 19.4 Å². The van der Waals surface area contributed by atoms with Gasteiger partial charge in [0.25, 0.3) is 0 Å². The molecule has 0 radical (unpaired) electrons. The number of aliphatic hydroxyl groups excluding tert-OH is 1. The second-order valence-electron chi connectivity index (χ2n) is 9.78. The molecule has 0 bridgehead atoms. The van der Waals surface area contributed by atoms with Crippen LogP contribution >= 0.6 is 11.6 Å². The molecular formula is C24H34ClNO3. The van der Waals surface area contributed by atoms with Gasteiger partial charge in [0, 0.05) is 28.8 Å². The average Bonchev–Trinajstić information content (AvgIpc) is 2.63. The van der Waals surface area contributed by atoms with Crippen LogP contribution < -0.4 is 14.8 Å². The molecule has 0 saturated carbocycles. The Labute approximate surface area is 180 Å². The minimum atomic E-state index is -0.913. The molecule has 160 valence electrons. The molecule has 2 rings (SSSR count). The first kappa shape index (κ1) is 23.4. The number of aliphatic hydroxyl groups is 1. The van der Waals surface area contributed by atoms with E-state index in [2.05, 4.69) is 46.9 Å². The van der Waals surface area contributed by atoms with Gasteiger partial charge in [-0.2, -0.15) is 0 Å². The standard InChI is InChI=1S/C24H34ClNO3/c1-23(2,3)14-26-21-18(22(27)17-10-8-9-11-19(17)28-7)12-16(25)13-20(21)29-15-24(4,5)6/h8-13,22,26-27H,14-15H2,1-7H3/t22-/m1/s1. The molecule has 2 N–H and O–H groups in total. The lowest BCUT2D eigenvalue weighted by Crippen LogP contribution is -2.22. The van der Waals surface area contributed by atoms with Gasteiger partial charge in [-0.15, -0.1) is 0 Å². The number of rotatable bonds is 7. The molecule has 1 atom stereocenters. The van der Waals surface area contributed by atoms with E-state index >= 15 is 0 Å². The number of hydrogen-bond donors (Lipinski definition) is 2. The highest BCUT2D eigenvalue weighted by atomic mass is 35.5. The van der Waals surface area contributed by atoms with Crippen LogP contribution in [-0.2, 0) is 0 Å². The third kappa shape index (κ3) is 6.83. The maximum absolute atomic E-state index is 11.3. The van der Waals surface area contributed by atoms with Crippen LogP contribution in [0.15, 0.2) is 36.4 Å². The van der Waals surface area contributed by atoms with Crippen LogP contribution in [0.4, 0.5) is 5.69 Å². The maximum Gasteiger partial charge on any atom is 0.144 e. The van der Waals surface area contributed by atoms with Crippen molar-refractivity contribution in [1.29, 1.82) is 0 Å². The Kier molecular flexibility index (Phi) is 7.47. The molecule has 4 nitrogen and oxygen atoms in total. The molecule has 0 aromatic heterocycles. The second-order valence-corrected chi connectivity index (χ2v) is 10.2. The van der Waals surface area contributed by atoms with Crippen LogP contribution in [0.3, 0.4) is 0 Å². The highest BCUT2D eigenvalue weighted by Crippen LogP contribution is 2.41. The zero-order chi connectivity index (χ0) is 21.8. The predicted octanol–water partition coefficient (Wildman–Crippen LogP) is 6.31. The van der Waals surface area contributed by atoms with Gasteiger partial charge in [0.2, 0.25) is 0 Å². The molecule has 0 aliphatic carbocycles. The summed E-state index contributed by atoms with van der Waals surface area (Å²) in [5, 5.41) is 15.3. The Morgan fingerprint density at radius 3 is 2.21 bits per heavy atom. The van der Waals surface area contributed by atoms with Gasteiger partial charge in [-0.05, 0) is 23.0 Å². The Bertz CT molecular complexity index is 822. The van der Waals surface area contributed by atoms with E-state index in [1.54, 1.807) is 19.2 Å². The van der Waals surface area contributed by atoms with Crippen molar-refractivity contribution >= 4 is 17.3 Å².